The minimum Gasteiger partial charge on any atom is -0.384 e. The van der Waals surface area contributed by atoms with Gasteiger partial charge >= 0.3 is 0 Å². The van der Waals surface area contributed by atoms with Gasteiger partial charge in [-0.2, -0.15) is 0 Å². The van der Waals surface area contributed by atoms with Crippen LogP contribution in [0.25, 0.3) is 0 Å². The molecule has 7 heteroatoms. The zero-order chi connectivity index (χ0) is 39.1. The van der Waals surface area contributed by atoms with Crippen molar-refractivity contribution < 1.29 is 18.4 Å². The molecule has 55 heavy (non-hydrogen) atoms. The van der Waals surface area contributed by atoms with Gasteiger partial charge in [0.1, 0.15) is 5.41 Å². The van der Waals surface area contributed by atoms with Crippen LogP contribution in [0.3, 0.4) is 0 Å². The number of benzene rings is 1. The molecule has 0 aromatic heterocycles. The Morgan fingerprint density at radius 2 is 1.13 bits per heavy atom. The summed E-state index contributed by atoms with van der Waals surface area (Å²) in [5.74, 6) is -1.39. The average molecular weight is 756 g/mol. The lowest BCUT2D eigenvalue weighted by Crippen LogP contribution is -2.52. The summed E-state index contributed by atoms with van der Waals surface area (Å²) < 4.78 is 27.6. The highest BCUT2D eigenvalue weighted by molar-refractivity contribution is 5.84. The molecule has 3 saturated carbocycles. The smallest absolute Gasteiger partial charge is 0.259 e. The molecule has 1 aromatic carbocycles. The molecule has 0 saturated heterocycles. The van der Waals surface area contributed by atoms with E-state index in [1.54, 1.807) is 12.3 Å². The number of nitrogens with zero attached hydrogens (tertiary/aromatic N) is 2. The molecular weight excluding hydrogens is 689 g/mol. The lowest BCUT2D eigenvalue weighted by Gasteiger charge is -2.41. The van der Waals surface area contributed by atoms with Gasteiger partial charge in [-0.05, 0) is 107 Å². The highest BCUT2D eigenvalue weighted by Gasteiger charge is 2.51. The molecule has 6 aliphatic rings. The molecule has 0 bridgehead atoms. The molecule has 3 heterocycles. The van der Waals surface area contributed by atoms with Crippen molar-refractivity contribution in [2.75, 3.05) is 0 Å². The number of alkyl halides is 2. The van der Waals surface area contributed by atoms with Crippen molar-refractivity contribution in [2.24, 2.45) is 23.2 Å². The molecule has 0 radical (unpaired) electrons. The van der Waals surface area contributed by atoms with Gasteiger partial charge < -0.3 is 15.1 Å². The molecule has 3 unspecified atom stereocenters. The van der Waals surface area contributed by atoms with Crippen LogP contribution in [0, 0.1) is 23.2 Å². The Hall–Kier alpha value is -3.74. The van der Waals surface area contributed by atoms with E-state index in [0.29, 0.717) is 24.3 Å². The third-order valence-electron chi connectivity index (χ3n) is 12.8. The third-order valence-corrected chi connectivity index (χ3v) is 12.8. The van der Waals surface area contributed by atoms with Crippen LogP contribution in [0.5, 0.6) is 0 Å². The molecule has 1 aromatic rings. The van der Waals surface area contributed by atoms with Gasteiger partial charge in [-0.15, -0.1) is 0 Å². The van der Waals surface area contributed by atoms with Crippen molar-refractivity contribution >= 4 is 11.8 Å². The minimum absolute atomic E-state index is 0.0792. The molecule has 7 rings (SSSR count). The lowest BCUT2D eigenvalue weighted by atomic mass is 9.80. The summed E-state index contributed by atoms with van der Waals surface area (Å²) >= 11 is 0. The van der Waals surface area contributed by atoms with Crippen molar-refractivity contribution in [3.8, 4) is 0 Å². The van der Waals surface area contributed by atoms with Crippen LogP contribution in [-0.4, -0.2) is 45.7 Å². The summed E-state index contributed by atoms with van der Waals surface area (Å²) in [7, 11) is 0. The van der Waals surface area contributed by atoms with E-state index in [-0.39, 0.29) is 18.0 Å². The van der Waals surface area contributed by atoms with Gasteiger partial charge in [0.25, 0.3) is 5.92 Å². The molecular formula is C48H67F2N3O2. The fourth-order valence-corrected chi connectivity index (χ4v) is 8.98. The average Bonchev–Trinajstić information content (AvgIpc) is 3.24. The van der Waals surface area contributed by atoms with Crippen molar-refractivity contribution in [3.63, 3.8) is 0 Å². The summed E-state index contributed by atoms with van der Waals surface area (Å²) in [4.78, 5) is 28.9. The molecule has 2 amide bonds. The molecule has 300 valence electrons. The second-order valence-corrected chi connectivity index (χ2v) is 17.1. The Morgan fingerprint density at radius 1 is 0.636 bits per heavy atom. The fraction of sp³-hybridized carbons (Fsp3) is 0.583. The maximum absolute atomic E-state index is 13.8. The zero-order valence-electron chi connectivity index (χ0n) is 33.8. The van der Waals surface area contributed by atoms with Gasteiger partial charge in [0.2, 0.25) is 11.8 Å². The van der Waals surface area contributed by atoms with Gasteiger partial charge in [0, 0.05) is 31.8 Å². The highest BCUT2D eigenvalue weighted by atomic mass is 19.3. The van der Waals surface area contributed by atoms with Crippen LogP contribution in [0.15, 0.2) is 104 Å². The van der Waals surface area contributed by atoms with Crippen molar-refractivity contribution in [2.45, 2.75) is 154 Å². The minimum atomic E-state index is -3.05. The van der Waals surface area contributed by atoms with E-state index in [1.165, 1.54) is 94.9 Å². The number of halogens is 2. The number of amides is 2. The van der Waals surface area contributed by atoms with E-state index < -0.39 is 17.2 Å². The van der Waals surface area contributed by atoms with Crippen LogP contribution in [-0.2, 0) is 16.0 Å². The molecule has 3 atom stereocenters. The molecule has 5 nitrogen and oxygen atoms in total. The van der Waals surface area contributed by atoms with Gasteiger partial charge in [-0.1, -0.05) is 125 Å². The number of aryl methyl sites for hydroxylation is 1. The Labute approximate surface area is 330 Å². The third kappa shape index (κ3) is 12.1. The van der Waals surface area contributed by atoms with Crippen LogP contribution < -0.4 is 5.32 Å². The number of hydrogen-bond acceptors (Lipinski definition) is 3. The SMILES string of the molecule is C1=CNC(C2CCCCC2)C=C1.CC(F)(F)C(C)(C)C(=O)N1C=CC=CC1C1CCCCC1.O=C(CCc1ccccc1)N1C=CC=CC1C1CCCCC1. The first-order valence-corrected chi connectivity index (χ1v) is 21.4. The summed E-state index contributed by atoms with van der Waals surface area (Å²) in [5, 5.41) is 3.42. The number of rotatable bonds is 8. The van der Waals surface area contributed by atoms with E-state index in [0.717, 1.165) is 44.9 Å². The molecule has 1 N–H and O–H groups in total. The number of carbonyl (C=O) groups excluding carboxylic acids is 2. The predicted octanol–water partition coefficient (Wildman–Crippen LogP) is 11.6. The standard InChI is InChI=1S/C20H25NO.C17H25F2NO.C11H17N/c22-20(15-14-17-9-3-1-4-10-17)21-16-8-7-13-19(21)18-11-5-2-6-12-18;1-16(2,17(3,18)19)15(21)20-12-8-7-11-14(20)13-9-5-4-6-10-13;1-2-6-10(7-3-1)11-8-4-5-9-12-11/h1,3-4,7-10,13,16,18-19H,2,5-6,11-12,14-15H2;7-8,11-14H,4-6,9-10H2,1-3H3;4-5,8-12H,1-3,6-7H2. The monoisotopic (exact) mass is 756 g/mol. The number of allylic oxidation sites excluding steroid dienone is 6. The maximum atomic E-state index is 13.8. The number of dihydropyridines is 1. The normalized spacial score (nSPS) is 24.7. The largest absolute Gasteiger partial charge is 0.384 e. The van der Waals surface area contributed by atoms with Crippen LogP contribution in [0.4, 0.5) is 8.78 Å². The Morgan fingerprint density at radius 3 is 1.64 bits per heavy atom. The van der Waals surface area contributed by atoms with Crippen LogP contribution in [0.1, 0.15) is 129 Å². The Kier molecular flexibility index (Phi) is 16.2. The summed E-state index contributed by atoms with van der Waals surface area (Å²) in [6.45, 7) is 3.49. The van der Waals surface area contributed by atoms with E-state index in [1.807, 2.05) is 47.5 Å². The van der Waals surface area contributed by atoms with Gasteiger partial charge in [0.15, 0.2) is 0 Å². The molecule has 3 fully saturated rings. The second-order valence-electron chi connectivity index (χ2n) is 17.1. The number of nitrogens with one attached hydrogen (secondary N) is 1. The Balaban J connectivity index is 0.000000165. The molecule has 3 aliphatic carbocycles. The second kappa shape index (κ2) is 21.0. The van der Waals surface area contributed by atoms with Crippen molar-refractivity contribution in [3.05, 3.63) is 109 Å². The summed E-state index contributed by atoms with van der Waals surface area (Å²) in [6.07, 6.45) is 44.9. The van der Waals surface area contributed by atoms with Gasteiger partial charge in [-0.25, -0.2) is 8.78 Å². The zero-order valence-corrected chi connectivity index (χ0v) is 33.8. The first-order valence-electron chi connectivity index (χ1n) is 21.4. The number of hydrogen-bond donors (Lipinski definition) is 1. The van der Waals surface area contributed by atoms with Crippen LogP contribution in [0.2, 0.25) is 0 Å². The molecule has 3 aliphatic heterocycles. The lowest BCUT2D eigenvalue weighted by molar-refractivity contribution is -0.162. The maximum Gasteiger partial charge on any atom is 0.259 e. The Bertz CT molecular complexity index is 1520. The van der Waals surface area contributed by atoms with Gasteiger partial charge in [-0.3, -0.25) is 9.59 Å². The topological polar surface area (TPSA) is 52.7 Å². The van der Waals surface area contributed by atoms with Crippen molar-refractivity contribution in [1.29, 1.82) is 0 Å². The summed E-state index contributed by atoms with van der Waals surface area (Å²) in [6, 6.07) is 11.1. The summed E-state index contributed by atoms with van der Waals surface area (Å²) in [5.41, 5.74) is -0.461. The quantitative estimate of drug-likeness (QED) is 0.287. The highest BCUT2D eigenvalue weighted by Crippen LogP contribution is 2.40. The van der Waals surface area contributed by atoms with E-state index >= 15 is 0 Å². The van der Waals surface area contributed by atoms with E-state index in [4.69, 9.17) is 0 Å². The first-order chi connectivity index (χ1) is 26.6. The predicted molar refractivity (Wildman–Crippen MR) is 222 cm³/mol. The van der Waals surface area contributed by atoms with Crippen molar-refractivity contribution in [1.82, 2.24) is 15.1 Å². The van der Waals surface area contributed by atoms with Gasteiger partial charge in [0.05, 0.1) is 12.1 Å². The van der Waals surface area contributed by atoms with E-state index in [9.17, 15) is 18.4 Å². The number of carbonyl (C=O) groups is 2. The van der Waals surface area contributed by atoms with Crippen LogP contribution >= 0.6 is 0 Å². The fourth-order valence-electron chi connectivity index (χ4n) is 8.98. The first kappa shape index (κ1) is 42.4. The van der Waals surface area contributed by atoms with E-state index in [2.05, 4.69) is 54.0 Å². The molecule has 0 spiro atoms.